The Balaban J connectivity index is 1.87. The first-order chi connectivity index (χ1) is 11.4. The van der Waals surface area contributed by atoms with Crippen molar-refractivity contribution in [3.63, 3.8) is 0 Å². The van der Waals surface area contributed by atoms with Gasteiger partial charge in [-0.25, -0.2) is 4.79 Å². The number of aryl methyl sites for hydroxylation is 1. The minimum atomic E-state index is -1.30. The van der Waals surface area contributed by atoms with Crippen LogP contribution in [-0.2, 0) is 4.74 Å². The maximum absolute atomic E-state index is 11.5. The molecule has 0 unspecified atom stereocenters. The fourth-order valence-corrected chi connectivity index (χ4v) is 2.72. The average Bonchev–Trinajstić information content (AvgIpc) is 2.55. The van der Waals surface area contributed by atoms with Crippen molar-refractivity contribution >= 4 is 11.0 Å². The van der Waals surface area contributed by atoms with Gasteiger partial charge in [-0.05, 0) is 24.6 Å². The topological polar surface area (TPSA) is 135 Å². The third-order valence-corrected chi connectivity index (χ3v) is 4.10. The normalized spacial score (nSPS) is 30.5. The number of ether oxygens (including phenoxy) is 2. The zero-order valence-corrected chi connectivity index (χ0v) is 13.0. The van der Waals surface area contributed by atoms with Gasteiger partial charge in [0.25, 0.3) is 0 Å². The van der Waals surface area contributed by atoms with Gasteiger partial charge in [0.15, 0.2) is 0 Å². The molecule has 0 spiro atoms. The van der Waals surface area contributed by atoms with Crippen molar-refractivity contribution in [2.75, 3.05) is 6.61 Å². The molecule has 2 aromatic rings. The molecule has 5 atom stereocenters. The first kappa shape index (κ1) is 16.9. The van der Waals surface area contributed by atoms with Crippen molar-refractivity contribution in [3.8, 4) is 5.75 Å². The molecule has 1 saturated heterocycles. The van der Waals surface area contributed by atoms with Crippen molar-refractivity contribution in [2.45, 2.75) is 37.6 Å². The van der Waals surface area contributed by atoms with Crippen LogP contribution < -0.4 is 16.1 Å². The van der Waals surface area contributed by atoms with Crippen molar-refractivity contribution in [2.24, 2.45) is 5.73 Å². The number of aliphatic hydroxyl groups is 3. The second-order valence-corrected chi connectivity index (χ2v) is 5.81. The quantitative estimate of drug-likeness (QED) is 0.537. The highest BCUT2D eigenvalue weighted by atomic mass is 16.7. The summed E-state index contributed by atoms with van der Waals surface area (Å²) in [6.07, 6.45) is -4.69. The van der Waals surface area contributed by atoms with Crippen LogP contribution in [0.5, 0.6) is 5.75 Å². The van der Waals surface area contributed by atoms with Crippen LogP contribution >= 0.6 is 0 Å². The molecule has 8 heteroatoms. The van der Waals surface area contributed by atoms with E-state index >= 15 is 0 Å². The van der Waals surface area contributed by atoms with E-state index in [1.165, 1.54) is 12.1 Å². The summed E-state index contributed by atoms with van der Waals surface area (Å²) in [7, 11) is 0. The molecule has 8 nitrogen and oxygen atoms in total. The molecule has 0 amide bonds. The zero-order valence-electron chi connectivity index (χ0n) is 13.0. The maximum Gasteiger partial charge on any atom is 0.336 e. The van der Waals surface area contributed by atoms with Gasteiger partial charge in [0, 0.05) is 17.5 Å². The molecule has 0 aliphatic carbocycles. The summed E-state index contributed by atoms with van der Waals surface area (Å²) in [5.74, 6) is 0.317. The molecular weight excluding hydrogens is 318 g/mol. The fourth-order valence-electron chi connectivity index (χ4n) is 2.72. The van der Waals surface area contributed by atoms with Gasteiger partial charge in [-0.15, -0.1) is 0 Å². The number of hydrogen-bond acceptors (Lipinski definition) is 8. The fraction of sp³-hybridized carbons (Fsp3) is 0.438. The van der Waals surface area contributed by atoms with Gasteiger partial charge in [-0.3, -0.25) is 0 Å². The van der Waals surface area contributed by atoms with Gasteiger partial charge >= 0.3 is 5.63 Å². The van der Waals surface area contributed by atoms with Crippen molar-refractivity contribution in [1.29, 1.82) is 0 Å². The van der Waals surface area contributed by atoms with E-state index in [9.17, 15) is 20.1 Å². The van der Waals surface area contributed by atoms with Gasteiger partial charge in [-0.1, -0.05) is 0 Å². The summed E-state index contributed by atoms with van der Waals surface area (Å²) in [4.78, 5) is 11.5. The highest BCUT2D eigenvalue weighted by Gasteiger charge is 2.43. The van der Waals surface area contributed by atoms with Crippen LogP contribution in [0.4, 0.5) is 0 Å². The minimum Gasteiger partial charge on any atom is -0.463 e. The van der Waals surface area contributed by atoms with Gasteiger partial charge < -0.3 is 34.9 Å². The van der Waals surface area contributed by atoms with Gasteiger partial charge in [0.2, 0.25) is 6.29 Å². The summed E-state index contributed by atoms with van der Waals surface area (Å²) in [5, 5.41) is 29.7. The molecule has 1 aromatic heterocycles. The molecule has 0 radical (unpaired) electrons. The Bertz CT molecular complexity index is 788. The number of benzene rings is 1. The molecule has 2 heterocycles. The number of aliphatic hydroxyl groups excluding tert-OH is 3. The SMILES string of the molecule is Cc1cc(=O)oc2cc(O[C@H]3O[C@@H](CO)[C@@H](O)[C@H](O)[C@@H]3N)ccc12. The molecule has 1 aliphatic rings. The molecular formula is C16H19NO7. The molecule has 130 valence electrons. The van der Waals surface area contributed by atoms with Crippen LogP contribution in [0.3, 0.4) is 0 Å². The standard InChI is InChI=1S/C16H19NO7/c1-7-4-12(19)23-10-5-8(2-3-9(7)10)22-16-13(17)15(21)14(20)11(6-18)24-16/h2-5,11,13-16,18,20-21H,6,17H2,1H3/t11-,13-,14+,15+,16-/m0/s1. The van der Waals surface area contributed by atoms with Crippen LogP contribution in [0.1, 0.15) is 5.56 Å². The lowest BCUT2D eigenvalue weighted by molar-refractivity contribution is -0.239. The van der Waals surface area contributed by atoms with Crippen LogP contribution in [-0.4, -0.2) is 52.6 Å². The predicted octanol–water partition coefficient (Wildman–Crippen LogP) is -0.753. The summed E-state index contributed by atoms with van der Waals surface area (Å²) in [5.41, 5.74) is 6.48. The number of hydrogen-bond donors (Lipinski definition) is 4. The van der Waals surface area contributed by atoms with E-state index in [0.29, 0.717) is 11.3 Å². The molecule has 0 bridgehead atoms. The number of fused-ring (bicyclic) bond motifs is 1. The first-order valence-electron chi connectivity index (χ1n) is 7.50. The summed E-state index contributed by atoms with van der Waals surface area (Å²) in [6, 6.07) is 5.28. The van der Waals surface area contributed by atoms with E-state index in [1.807, 2.05) is 0 Å². The summed E-state index contributed by atoms with van der Waals surface area (Å²) in [6.45, 7) is 1.31. The van der Waals surface area contributed by atoms with E-state index in [2.05, 4.69) is 0 Å². The Morgan fingerprint density at radius 3 is 2.71 bits per heavy atom. The summed E-state index contributed by atoms with van der Waals surface area (Å²) < 4.78 is 16.2. The number of nitrogens with two attached hydrogens (primary N) is 1. The molecule has 24 heavy (non-hydrogen) atoms. The molecule has 1 aliphatic heterocycles. The second kappa shape index (κ2) is 6.50. The van der Waals surface area contributed by atoms with Crippen molar-refractivity contribution in [3.05, 3.63) is 40.2 Å². The zero-order chi connectivity index (χ0) is 17.4. The Kier molecular flexibility index (Phi) is 4.57. The molecule has 1 aromatic carbocycles. The third kappa shape index (κ3) is 3.02. The molecule has 3 rings (SSSR count). The Morgan fingerprint density at radius 2 is 2.00 bits per heavy atom. The van der Waals surface area contributed by atoms with Gasteiger partial charge in [0.05, 0.1) is 12.6 Å². The van der Waals surface area contributed by atoms with Crippen LogP contribution in [0, 0.1) is 6.92 Å². The predicted molar refractivity (Wildman–Crippen MR) is 83.6 cm³/mol. The molecule has 1 fully saturated rings. The first-order valence-corrected chi connectivity index (χ1v) is 7.50. The third-order valence-electron chi connectivity index (χ3n) is 4.10. The maximum atomic E-state index is 11.5. The summed E-state index contributed by atoms with van der Waals surface area (Å²) >= 11 is 0. The number of rotatable bonds is 3. The molecule has 5 N–H and O–H groups in total. The largest absolute Gasteiger partial charge is 0.463 e. The highest BCUT2D eigenvalue weighted by Crippen LogP contribution is 2.26. The lowest BCUT2D eigenvalue weighted by Gasteiger charge is -2.40. The lowest BCUT2D eigenvalue weighted by Crippen LogP contribution is -2.63. The lowest BCUT2D eigenvalue weighted by atomic mass is 9.98. The Morgan fingerprint density at radius 1 is 1.25 bits per heavy atom. The van der Waals surface area contributed by atoms with Crippen LogP contribution in [0.25, 0.3) is 11.0 Å². The van der Waals surface area contributed by atoms with E-state index < -0.39 is 42.9 Å². The van der Waals surface area contributed by atoms with E-state index in [-0.39, 0.29) is 0 Å². The van der Waals surface area contributed by atoms with Crippen LogP contribution in [0.15, 0.2) is 33.5 Å². The minimum absolute atomic E-state index is 0.317. The monoisotopic (exact) mass is 337 g/mol. The van der Waals surface area contributed by atoms with Gasteiger partial charge in [-0.2, -0.15) is 0 Å². The Hall–Kier alpha value is -1.97. The van der Waals surface area contributed by atoms with Crippen molar-refractivity contribution in [1.82, 2.24) is 0 Å². The smallest absolute Gasteiger partial charge is 0.336 e. The van der Waals surface area contributed by atoms with Gasteiger partial charge in [0.1, 0.15) is 29.6 Å². The highest BCUT2D eigenvalue weighted by molar-refractivity contribution is 5.81. The average molecular weight is 337 g/mol. The Labute approximate surface area is 137 Å². The van der Waals surface area contributed by atoms with E-state index in [4.69, 9.17) is 19.6 Å². The second-order valence-electron chi connectivity index (χ2n) is 5.81. The van der Waals surface area contributed by atoms with Crippen LogP contribution in [0.2, 0.25) is 0 Å². The van der Waals surface area contributed by atoms with E-state index in [1.54, 1.807) is 19.1 Å². The van der Waals surface area contributed by atoms with Crippen molar-refractivity contribution < 1.29 is 29.2 Å². The molecule has 0 saturated carbocycles. The van der Waals surface area contributed by atoms with E-state index in [0.717, 1.165) is 10.9 Å².